The molecule has 1 unspecified atom stereocenters. The van der Waals surface area contributed by atoms with Gasteiger partial charge in [0.15, 0.2) is 0 Å². The number of carbonyl (C=O) groups is 4. The lowest BCUT2D eigenvalue weighted by Gasteiger charge is -2.44. The Hall–Kier alpha value is -4.99. The monoisotopic (exact) mass is 705 g/mol. The van der Waals surface area contributed by atoms with Gasteiger partial charge in [-0.1, -0.05) is 42.8 Å². The third kappa shape index (κ3) is 7.02. The molecule has 2 aliphatic carbocycles. The Kier molecular flexibility index (Phi) is 9.96. The number of carboxylic acid groups (broad SMARTS) is 1. The van der Waals surface area contributed by atoms with Gasteiger partial charge in [-0.2, -0.15) is 26.3 Å². The summed E-state index contributed by atoms with van der Waals surface area (Å²) < 4.78 is 74.3. The Morgan fingerprint density at radius 1 is 0.960 bits per heavy atom. The molecule has 1 aliphatic heterocycles. The first-order chi connectivity index (χ1) is 23.5. The van der Waals surface area contributed by atoms with Crippen molar-refractivity contribution >= 4 is 35.2 Å². The summed E-state index contributed by atoms with van der Waals surface area (Å²) in [5.74, 6) is -4.00. The van der Waals surface area contributed by atoms with Crippen LogP contribution < -0.4 is 16.0 Å². The lowest BCUT2D eigenvalue weighted by molar-refractivity contribution is -0.248. The molecule has 1 fully saturated rings. The lowest BCUT2D eigenvalue weighted by Crippen LogP contribution is -2.57. The van der Waals surface area contributed by atoms with E-state index in [1.165, 1.54) is 0 Å². The number of benzene rings is 2. The van der Waals surface area contributed by atoms with Crippen LogP contribution in [0.4, 0.5) is 37.8 Å². The van der Waals surface area contributed by atoms with Crippen molar-refractivity contribution in [1.82, 2.24) is 15.2 Å². The minimum absolute atomic E-state index is 0.120. The van der Waals surface area contributed by atoms with Crippen molar-refractivity contribution in [3.05, 3.63) is 88.6 Å². The van der Waals surface area contributed by atoms with E-state index in [4.69, 9.17) is 9.90 Å². The molecule has 10 nitrogen and oxygen atoms in total. The number of nitrogens with zero attached hydrogens (tertiary/aromatic N) is 2. The zero-order chi connectivity index (χ0) is 36.5. The molecule has 1 saturated carbocycles. The molecule has 3 amide bonds. The number of carboxylic acids is 1. The molecule has 3 aliphatic rings. The van der Waals surface area contributed by atoms with Crippen LogP contribution in [0.1, 0.15) is 47.1 Å². The first-order valence-electron chi connectivity index (χ1n) is 15.6. The summed E-state index contributed by atoms with van der Waals surface area (Å²) in [4.78, 5) is 54.1. The average molecular weight is 706 g/mol. The second-order valence-corrected chi connectivity index (χ2v) is 12.5. The van der Waals surface area contributed by atoms with E-state index >= 15 is 0 Å². The smallest absolute Gasteiger partial charge is 0.475 e. The molecule has 3 aromatic rings. The van der Waals surface area contributed by atoms with Gasteiger partial charge in [0.25, 0.3) is 0 Å². The molecule has 2 heterocycles. The van der Waals surface area contributed by atoms with Crippen LogP contribution in [-0.4, -0.2) is 64.6 Å². The van der Waals surface area contributed by atoms with Gasteiger partial charge in [-0.05, 0) is 73.2 Å². The normalized spacial score (nSPS) is 18.6. The highest BCUT2D eigenvalue weighted by Gasteiger charge is 2.64. The molecular weight excluding hydrogens is 672 g/mol. The molecule has 16 heteroatoms. The quantitative estimate of drug-likeness (QED) is 0.239. The van der Waals surface area contributed by atoms with Crippen LogP contribution in [0.2, 0.25) is 0 Å². The molecular formula is C34H33F6N5O5. The van der Waals surface area contributed by atoms with E-state index < -0.39 is 47.5 Å². The van der Waals surface area contributed by atoms with Crippen molar-refractivity contribution < 1.29 is 50.6 Å². The molecule has 0 saturated heterocycles. The fourth-order valence-electron chi connectivity index (χ4n) is 6.65. The fourth-order valence-corrected chi connectivity index (χ4v) is 6.65. The number of aromatic nitrogens is 1. The third-order valence-corrected chi connectivity index (χ3v) is 9.33. The summed E-state index contributed by atoms with van der Waals surface area (Å²) in [6.07, 6.45) is -7.51. The molecule has 266 valence electrons. The SMILES string of the molecule is CNCc1ccccc1CN(CC(=O)Nc1ccc2c(c1)CC1(C2)C(=O)Nc2ncccc21)C(=O)C1(C(F)(F)F)CCC1.O=C(O)C(F)(F)F. The number of nitrogens with one attached hydrogen (secondary N) is 3. The van der Waals surface area contributed by atoms with Crippen molar-refractivity contribution in [3.63, 3.8) is 0 Å². The number of alkyl halides is 6. The maximum atomic E-state index is 14.2. The van der Waals surface area contributed by atoms with E-state index in [-0.39, 0.29) is 25.3 Å². The van der Waals surface area contributed by atoms with Crippen LogP contribution in [0.3, 0.4) is 0 Å². The van der Waals surface area contributed by atoms with Gasteiger partial charge in [-0.15, -0.1) is 0 Å². The Balaban J connectivity index is 0.000000630. The summed E-state index contributed by atoms with van der Waals surface area (Å²) in [6, 6.07) is 16.2. The summed E-state index contributed by atoms with van der Waals surface area (Å²) in [6.45, 7) is -0.200. The number of fused-ring (bicyclic) bond motifs is 3. The summed E-state index contributed by atoms with van der Waals surface area (Å²) >= 11 is 0. The highest BCUT2D eigenvalue weighted by molar-refractivity contribution is 6.06. The zero-order valence-corrected chi connectivity index (χ0v) is 26.7. The van der Waals surface area contributed by atoms with E-state index in [2.05, 4.69) is 20.9 Å². The first kappa shape index (κ1) is 36.3. The maximum Gasteiger partial charge on any atom is 0.490 e. The van der Waals surface area contributed by atoms with Crippen molar-refractivity contribution in [2.24, 2.45) is 5.41 Å². The zero-order valence-electron chi connectivity index (χ0n) is 26.7. The van der Waals surface area contributed by atoms with Crippen LogP contribution in [-0.2, 0) is 50.5 Å². The number of halogens is 6. The minimum Gasteiger partial charge on any atom is -0.475 e. The van der Waals surface area contributed by atoms with Crippen LogP contribution in [0.5, 0.6) is 0 Å². The second-order valence-electron chi connectivity index (χ2n) is 12.5. The number of carbonyl (C=O) groups excluding carboxylic acids is 3. The lowest BCUT2D eigenvalue weighted by atomic mass is 9.67. The topological polar surface area (TPSA) is 141 Å². The van der Waals surface area contributed by atoms with E-state index in [0.29, 0.717) is 42.9 Å². The van der Waals surface area contributed by atoms with E-state index in [1.54, 1.807) is 43.6 Å². The first-order valence-corrected chi connectivity index (χ1v) is 15.6. The molecule has 1 aromatic heterocycles. The average Bonchev–Trinajstić information content (AvgIpc) is 3.52. The number of pyridine rings is 1. The molecule has 1 atom stereocenters. The van der Waals surface area contributed by atoms with Gasteiger partial charge in [-0.3, -0.25) is 14.4 Å². The number of anilines is 2. The largest absolute Gasteiger partial charge is 0.490 e. The molecule has 0 radical (unpaired) electrons. The van der Waals surface area contributed by atoms with Crippen molar-refractivity contribution in [2.45, 2.75) is 63.0 Å². The molecule has 2 aromatic carbocycles. The highest BCUT2D eigenvalue weighted by Crippen LogP contribution is 2.54. The van der Waals surface area contributed by atoms with Crippen molar-refractivity contribution in [2.75, 3.05) is 24.2 Å². The summed E-state index contributed by atoms with van der Waals surface area (Å²) in [5, 5.41) is 15.8. The third-order valence-electron chi connectivity index (χ3n) is 9.33. The minimum atomic E-state index is -5.08. The van der Waals surface area contributed by atoms with E-state index in [0.717, 1.165) is 27.2 Å². The molecule has 4 N–H and O–H groups in total. The van der Waals surface area contributed by atoms with E-state index in [1.807, 2.05) is 24.3 Å². The van der Waals surface area contributed by atoms with Crippen LogP contribution in [0.25, 0.3) is 0 Å². The van der Waals surface area contributed by atoms with Gasteiger partial charge < -0.3 is 26.0 Å². The molecule has 6 rings (SSSR count). The Bertz CT molecular complexity index is 1810. The Morgan fingerprint density at radius 3 is 2.22 bits per heavy atom. The van der Waals surface area contributed by atoms with Gasteiger partial charge >= 0.3 is 18.3 Å². The summed E-state index contributed by atoms with van der Waals surface area (Å²) in [5.41, 5.74) is 1.41. The molecule has 0 bridgehead atoms. The summed E-state index contributed by atoms with van der Waals surface area (Å²) in [7, 11) is 1.76. The molecule has 50 heavy (non-hydrogen) atoms. The van der Waals surface area contributed by atoms with Crippen molar-refractivity contribution in [1.29, 1.82) is 0 Å². The number of rotatable bonds is 8. The van der Waals surface area contributed by atoms with Gasteiger partial charge in [0.05, 0.1) is 5.41 Å². The Morgan fingerprint density at radius 2 is 1.62 bits per heavy atom. The molecule has 1 spiro atoms. The Labute approximate surface area is 282 Å². The maximum absolute atomic E-state index is 14.2. The second kappa shape index (κ2) is 13.7. The fraction of sp³-hybridized carbons (Fsp3) is 0.382. The van der Waals surface area contributed by atoms with Gasteiger partial charge in [0.1, 0.15) is 17.8 Å². The predicted molar refractivity (Wildman–Crippen MR) is 168 cm³/mol. The van der Waals surface area contributed by atoms with Crippen LogP contribution in [0, 0.1) is 5.41 Å². The van der Waals surface area contributed by atoms with E-state index in [9.17, 15) is 40.7 Å². The highest BCUT2D eigenvalue weighted by atomic mass is 19.4. The number of amides is 3. The van der Waals surface area contributed by atoms with Gasteiger partial charge in [0, 0.05) is 30.5 Å². The number of hydrogen-bond donors (Lipinski definition) is 4. The van der Waals surface area contributed by atoms with Gasteiger partial charge in [-0.25, -0.2) is 9.78 Å². The van der Waals surface area contributed by atoms with Crippen LogP contribution in [0.15, 0.2) is 60.8 Å². The predicted octanol–water partition coefficient (Wildman–Crippen LogP) is 5.12. The van der Waals surface area contributed by atoms with Crippen LogP contribution >= 0.6 is 0 Å². The van der Waals surface area contributed by atoms with Gasteiger partial charge in [0.2, 0.25) is 17.7 Å². The van der Waals surface area contributed by atoms with Crippen molar-refractivity contribution in [3.8, 4) is 0 Å². The number of aliphatic carboxylic acids is 1. The number of hydrogen-bond acceptors (Lipinski definition) is 6. The standard InChI is InChI=1S/C32H32F3N5O3.C2HF3O2/c1-36-17-21-6-2-3-7-22(21)18-40(29(43)31(11-5-12-31)32(33,34)35)19-26(41)38-24-10-9-20-15-30(16-23(20)14-24)25-8-4-13-37-27(25)39-28(30)42;3-2(4,5)1(6)7/h2-4,6-10,13-14,36H,5,11-12,15-19H2,1H3,(H,38,41)(H,37,39,42);(H,6,7).